The molecule has 11 N–H and O–H groups in total. The first-order valence-corrected chi connectivity index (χ1v) is 11.0. The van der Waals surface area contributed by atoms with Gasteiger partial charge in [0.25, 0.3) is 0 Å². The summed E-state index contributed by atoms with van der Waals surface area (Å²) < 4.78 is 0. The maximum atomic E-state index is 12.4. The summed E-state index contributed by atoms with van der Waals surface area (Å²) in [7, 11) is 0. The first-order valence-electron chi connectivity index (χ1n) is 9.57. The molecular weight excluding hydrogens is 430 g/mol. The molecule has 4 unspecified atom stereocenters. The Morgan fingerprint density at radius 1 is 1.10 bits per heavy atom. The highest BCUT2D eigenvalue weighted by Gasteiger charge is 2.29. The number of amides is 3. The minimum absolute atomic E-state index is 0.0301. The van der Waals surface area contributed by atoms with Gasteiger partial charge in [-0.3, -0.25) is 19.4 Å². The molecule has 0 saturated carbocycles. The third-order valence-corrected chi connectivity index (χ3v) is 4.68. The Morgan fingerprint density at radius 3 is 2.26 bits per heavy atom. The van der Waals surface area contributed by atoms with Gasteiger partial charge >= 0.3 is 5.97 Å². The molecule has 0 bridgehead atoms. The molecule has 14 heteroatoms. The molecule has 0 heterocycles. The van der Waals surface area contributed by atoms with Crippen LogP contribution in [-0.2, 0) is 19.2 Å². The van der Waals surface area contributed by atoms with Gasteiger partial charge in [0.15, 0.2) is 5.96 Å². The topological polar surface area (TPSA) is 235 Å². The summed E-state index contributed by atoms with van der Waals surface area (Å²) in [5, 5.41) is 26.0. The van der Waals surface area contributed by atoms with E-state index in [-0.39, 0.29) is 25.3 Å². The Morgan fingerprint density at radius 2 is 1.74 bits per heavy atom. The average Bonchev–Trinajstić information content (AvgIpc) is 2.69. The molecule has 0 aliphatic carbocycles. The van der Waals surface area contributed by atoms with Crippen LogP contribution in [0.15, 0.2) is 4.99 Å². The number of aliphatic hydroxyl groups excluding tert-OH is 1. The summed E-state index contributed by atoms with van der Waals surface area (Å²) in [5.74, 6) is -2.90. The summed E-state index contributed by atoms with van der Waals surface area (Å²) in [5.41, 5.74) is 16.1. The number of hydrogen-bond donors (Lipinski definition) is 8. The molecule has 0 aliphatic rings. The SMILES string of the molecule is CSCCC(N)C(=O)NCC(=O)NC(C(=O)NC(CCCN=C(N)N)C(=O)O)C(C)O. The highest BCUT2D eigenvalue weighted by Crippen LogP contribution is 2.02. The van der Waals surface area contributed by atoms with Crippen LogP contribution in [-0.4, -0.2) is 89.2 Å². The Bertz CT molecular complexity index is 642. The van der Waals surface area contributed by atoms with E-state index in [0.29, 0.717) is 12.2 Å². The van der Waals surface area contributed by atoms with Gasteiger partial charge in [0.05, 0.1) is 18.7 Å². The predicted molar refractivity (Wildman–Crippen MR) is 117 cm³/mol. The molecule has 3 amide bonds. The molecule has 0 aromatic carbocycles. The summed E-state index contributed by atoms with van der Waals surface area (Å²) in [6.07, 6.45) is 1.30. The number of guanidine groups is 1. The van der Waals surface area contributed by atoms with E-state index in [0.717, 1.165) is 0 Å². The highest BCUT2D eigenvalue weighted by atomic mass is 32.2. The van der Waals surface area contributed by atoms with Crippen molar-refractivity contribution in [3.05, 3.63) is 0 Å². The van der Waals surface area contributed by atoms with Crippen LogP contribution in [0.25, 0.3) is 0 Å². The second-order valence-electron chi connectivity index (χ2n) is 6.74. The monoisotopic (exact) mass is 463 g/mol. The highest BCUT2D eigenvalue weighted by molar-refractivity contribution is 7.98. The van der Waals surface area contributed by atoms with Crippen LogP contribution in [0, 0.1) is 0 Å². The van der Waals surface area contributed by atoms with Crippen LogP contribution in [0.1, 0.15) is 26.2 Å². The molecule has 0 radical (unpaired) electrons. The zero-order valence-corrected chi connectivity index (χ0v) is 18.5. The van der Waals surface area contributed by atoms with Gasteiger partial charge in [-0.25, -0.2) is 4.79 Å². The summed E-state index contributed by atoms with van der Waals surface area (Å²) in [6, 6.07) is -3.46. The molecular formula is C17H33N7O6S. The lowest BCUT2D eigenvalue weighted by Crippen LogP contribution is -2.57. The van der Waals surface area contributed by atoms with Crippen molar-refractivity contribution < 1.29 is 29.4 Å². The minimum Gasteiger partial charge on any atom is -0.480 e. The number of aliphatic imine (C=N–C) groups is 1. The van der Waals surface area contributed by atoms with Crippen molar-refractivity contribution in [1.82, 2.24) is 16.0 Å². The van der Waals surface area contributed by atoms with Gasteiger partial charge in [0, 0.05) is 6.54 Å². The van der Waals surface area contributed by atoms with Crippen molar-refractivity contribution in [3.8, 4) is 0 Å². The van der Waals surface area contributed by atoms with Crippen LogP contribution >= 0.6 is 11.8 Å². The van der Waals surface area contributed by atoms with Crippen molar-refractivity contribution in [2.45, 2.75) is 50.4 Å². The van der Waals surface area contributed by atoms with E-state index in [9.17, 15) is 29.4 Å². The number of carboxylic acid groups (broad SMARTS) is 1. The van der Waals surface area contributed by atoms with Crippen LogP contribution in [0.3, 0.4) is 0 Å². The lowest BCUT2D eigenvalue weighted by Gasteiger charge is -2.23. The minimum atomic E-state index is -1.42. The van der Waals surface area contributed by atoms with Crippen LogP contribution in [0.4, 0.5) is 0 Å². The number of carbonyl (C=O) groups is 4. The Labute approximate surface area is 185 Å². The molecule has 0 rings (SSSR count). The smallest absolute Gasteiger partial charge is 0.326 e. The predicted octanol–water partition coefficient (Wildman–Crippen LogP) is -3.33. The number of thioether (sulfide) groups is 1. The molecule has 0 spiro atoms. The average molecular weight is 464 g/mol. The van der Waals surface area contributed by atoms with Gasteiger partial charge in [-0.2, -0.15) is 11.8 Å². The molecule has 0 saturated heterocycles. The second kappa shape index (κ2) is 15.3. The van der Waals surface area contributed by atoms with Crippen LogP contribution in [0.5, 0.6) is 0 Å². The molecule has 0 aromatic rings. The van der Waals surface area contributed by atoms with Crippen molar-refractivity contribution in [2.24, 2.45) is 22.2 Å². The Kier molecular flexibility index (Phi) is 14.0. The summed E-state index contributed by atoms with van der Waals surface area (Å²) >= 11 is 1.53. The summed E-state index contributed by atoms with van der Waals surface area (Å²) in [4.78, 5) is 51.5. The molecule has 178 valence electrons. The maximum Gasteiger partial charge on any atom is 0.326 e. The number of rotatable bonds is 15. The summed E-state index contributed by atoms with van der Waals surface area (Å²) in [6.45, 7) is 0.983. The molecule has 0 aliphatic heterocycles. The Hall–Kier alpha value is -2.58. The maximum absolute atomic E-state index is 12.4. The fraction of sp³-hybridized carbons (Fsp3) is 0.706. The number of nitrogens with zero attached hydrogens (tertiary/aromatic N) is 1. The van der Waals surface area contributed by atoms with Gasteiger partial charge in [-0.05, 0) is 38.2 Å². The van der Waals surface area contributed by atoms with E-state index in [2.05, 4.69) is 20.9 Å². The fourth-order valence-electron chi connectivity index (χ4n) is 2.33. The molecule has 0 aromatic heterocycles. The third-order valence-electron chi connectivity index (χ3n) is 4.03. The Balaban J connectivity index is 4.77. The molecule has 31 heavy (non-hydrogen) atoms. The fourth-order valence-corrected chi connectivity index (χ4v) is 2.82. The first-order chi connectivity index (χ1) is 14.5. The van der Waals surface area contributed by atoms with Crippen molar-refractivity contribution >= 4 is 41.4 Å². The van der Waals surface area contributed by atoms with E-state index in [1.165, 1.54) is 18.7 Å². The van der Waals surface area contributed by atoms with Gasteiger partial charge in [-0.1, -0.05) is 0 Å². The van der Waals surface area contributed by atoms with Crippen molar-refractivity contribution in [2.75, 3.05) is 25.1 Å². The number of nitrogens with two attached hydrogens (primary N) is 3. The van der Waals surface area contributed by atoms with E-state index in [1.807, 2.05) is 6.26 Å². The van der Waals surface area contributed by atoms with E-state index >= 15 is 0 Å². The zero-order chi connectivity index (χ0) is 24.0. The number of aliphatic carboxylic acids is 1. The quantitative estimate of drug-likeness (QED) is 0.0683. The normalized spacial score (nSPS) is 14.5. The van der Waals surface area contributed by atoms with Crippen LogP contribution < -0.4 is 33.2 Å². The van der Waals surface area contributed by atoms with Gasteiger partial charge in [0.1, 0.15) is 12.1 Å². The van der Waals surface area contributed by atoms with Crippen LogP contribution in [0.2, 0.25) is 0 Å². The molecule has 4 atom stereocenters. The first kappa shape index (κ1) is 28.4. The van der Waals surface area contributed by atoms with Gasteiger partial charge in [0.2, 0.25) is 17.7 Å². The van der Waals surface area contributed by atoms with E-state index in [4.69, 9.17) is 17.2 Å². The van der Waals surface area contributed by atoms with Gasteiger partial charge < -0.3 is 43.4 Å². The second-order valence-corrected chi connectivity index (χ2v) is 7.73. The number of hydrogen-bond acceptors (Lipinski definition) is 8. The zero-order valence-electron chi connectivity index (χ0n) is 17.7. The number of aliphatic hydroxyl groups is 1. The van der Waals surface area contributed by atoms with Crippen molar-refractivity contribution in [1.29, 1.82) is 0 Å². The number of carbonyl (C=O) groups excluding carboxylic acids is 3. The number of nitrogens with one attached hydrogen (secondary N) is 3. The van der Waals surface area contributed by atoms with Crippen molar-refractivity contribution in [3.63, 3.8) is 0 Å². The number of carboxylic acids is 1. The molecule has 0 fully saturated rings. The van der Waals surface area contributed by atoms with E-state index < -0.39 is 54.5 Å². The standard InChI is InChI=1S/C17H33N7O6S/c1-9(25)13(24-12(26)8-22-14(27)10(18)5-7-31-2)15(28)23-11(16(29)30)4-3-6-21-17(19)20/h9-11,13,25H,3-8,18H2,1-2H3,(H,22,27)(H,23,28)(H,24,26)(H,29,30)(H4,19,20,21). The van der Waals surface area contributed by atoms with E-state index in [1.54, 1.807) is 0 Å². The lowest BCUT2D eigenvalue weighted by atomic mass is 10.1. The molecule has 13 nitrogen and oxygen atoms in total. The third kappa shape index (κ3) is 12.7. The largest absolute Gasteiger partial charge is 0.480 e. The van der Waals surface area contributed by atoms with Gasteiger partial charge in [-0.15, -0.1) is 0 Å². The lowest BCUT2D eigenvalue weighted by molar-refractivity contribution is -0.143.